The lowest BCUT2D eigenvalue weighted by Crippen LogP contribution is -2.55. The van der Waals surface area contributed by atoms with E-state index in [0.29, 0.717) is 48.2 Å². The Kier molecular flexibility index (Phi) is 8.97. The lowest BCUT2D eigenvalue weighted by molar-refractivity contribution is -0.165. The predicted octanol–water partition coefficient (Wildman–Crippen LogP) is 5.31. The van der Waals surface area contributed by atoms with Gasteiger partial charge in [-0.25, -0.2) is 4.57 Å². The molecule has 0 spiro atoms. The Morgan fingerprint density at radius 2 is 1.74 bits per heavy atom. The molecule has 0 bridgehead atoms. The first-order valence-corrected chi connectivity index (χ1v) is 16.8. The van der Waals surface area contributed by atoms with E-state index in [4.69, 9.17) is 0 Å². The number of piperidine rings is 1. The van der Waals surface area contributed by atoms with Crippen molar-refractivity contribution in [2.75, 3.05) is 13.1 Å². The zero-order valence-electron chi connectivity index (χ0n) is 27.7. The number of phenolic OH excluding ortho intramolecular Hbond substituents is 2. The molecular formula is C36H47N5O6. The Labute approximate surface area is 275 Å². The lowest BCUT2D eigenvalue weighted by atomic mass is 9.68. The minimum atomic E-state index is -1.35. The molecule has 1 aliphatic carbocycles. The topological polar surface area (TPSA) is 157 Å². The molecule has 5 N–H and O–H groups in total. The molecule has 11 heteroatoms. The number of nitrogens with zero attached hydrogens (tertiary/aromatic N) is 5. The van der Waals surface area contributed by atoms with E-state index in [1.165, 1.54) is 10.6 Å². The van der Waals surface area contributed by atoms with Gasteiger partial charge in [-0.15, -0.1) is 5.10 Å². The van der Waals surface area contributed by atoms with Crippen molar-refractivity contribution in [1.29, 1.82) is 0 Å². The number of aromatic nitrogens is 4. The van der Waals surface area contributed by atoms with Gasteiger partial charge in [0.1, 0.15) is 17.1 Å². The van der Waals surface area contributed by atoms with Gasteiger partial charge in [-0.1, -0.05) is 32.8 Å². The second-order valence-electron chi connectivity index (χ2n) is 14.3. The zero-order chi connectivity index (χ0) is 33.6. The van der Waals surface area contributed by atoms with Gasteiger partial charge >= 0.3 is 6.01 Å². The third-order valence-corrected chi connectivity index (χ3v) is 10.7. The number of phenols is 2. The number of carbonyl (C=O) groups excluding carboxylic acids is 1. The number of aliphatic hydroxyl groups is 2. The van der Waals surface area contributed by atoms with Crippen molar-refractivity contribution in [1.82, 2.24) is 24.2 Å². The van der Waals surface area contributed by atoms with E-state index in [1.54, 1.807) is 6.07 Å². The first-order chi connectivity index (χ1) is 22.4. The summed E-state index contributed by atoms with van der Waals surface area (Å²) in [6, 6.07) is 10.5. The van der Waals surface area contributed by atoms with E-state index >= 15 is 0 Å². The Bertz CT molecular complexity index is 1740. The molecular weight excluding hydrogens is 598 g/mol. The smallest absolute Gasteiger partial charge is 0.319 e. The molecule has 47 heavy (non-hydrogen) atoms. The normalized spacial score (nSPS) is 24.0. The summed E-state index contributed by atoms with van der Waals surface area (Å²) in [5, 5.41) is 62.4. The number of rotatable bonds is 8. The highest BCUT2D eigenvalue weighted by atomic mass is 16.3. The lowest BCUT2D eigenvalue weighted by Gasteiger charge is -2.45. The largest absolute Gasteiger partial charge is 0.508 e. The van der Waals surface area contributed by atoms with Gasteiger partial charge < -0.3 is 35.0 Å². The summed E-state index contributed by atoms with van der Waals surface area (Å²) >= 11 is 0. The van der Waals surface area contributed by atoms with Crippen LogP contribution in [-0.2, 0) is 11.3 Å². The number of aryl methyl sites for hydroxylation is 1. The van der Waals surface area contributed by atoms with Crippen molar-refractivity contribution in [3.8, 4) is 34.6 Å². The highest BCUT2D eigenvalue weighted by Gasteiger charge is 2.47. The molecule has 1 aliphatic heterocycles. The molecule has 4 atom stereocenters. The van der Waals surface area contributed by atoms with Crippen molar-refractivity contribution in [2.24, 2.45) is 17.8 Å². The quantitative estimate of drug-likeness (QED) is 0.173. The van der Waals surface area contributed by atoms with Gasteiger partial charge in [-0.2, -0.15) is 0 Å². The van der Waals surface area contributed by atoms with Gasteiger partial charge in [0.2, 0.25) is 5.91 Å². The number of likely N-dealkylation sites (tertiary alicyclic amines) is 1. The number of carbonyl (C=O) groups is 1. The van der Waals surface area contributed by atoms with E-state index in [-0.39, 0.29) is 47.5 Å². The molecule has 3 heterocycles. The summed E-state index contributed by atoms with van der Waals surface area (Å²) < 4.78 is 3.70. The molecule has 2 aliphatic rings. The van der Waals surface area contributed by atoms with Crippen LogP contribution in [0.5, 0.6) is 17.5 Å². The van der Waals surface area contributed by atoms with Crippen LogP contribution in [0.25, 0.3) is 28.0 Å². The summed E-state index contributed by atoms with van der Waals surface area (Å²) in [4.78, 5) is 15.0. The number of hydrogen-bond donors (Lipinski definition) is 5. The number of fused-ring (bicyclic) bond motifs is 1. The number of aromatic hydroxyl groups is 3. The fourth-order valence-corrected chi connectivity index (χ4v) is 7.70. The summed E-state index contributed by atoms with van der Waals surface area (Å²) in [5.41, 5.74) is 1.34. The van der Waals surface area contributed by atoms with Crippen molar-refractivity contribution in [3.63, 3.8) is 0 Å². The predicted molar refractivity (Wildman–Crippen MR) is 178 cm³/mol. The van der Waals surface area contributed by atoms with Crippen molar-refractivity contribution in [3.05, 3.63) is 48.2 Å². The fourth-order valence-electron chi connectivity index (χ4n) is 7.70. The maximum atomic E-state index is 13.2. The summed E-state index contributed by atoms with van der Waals surface area (Å²) in [7, 11) is 0. The first kappa shape index (κ1) is 32.8. The Morgan fingerprint density at radius 1 is 1.00 bits per heavy atom. The second-order valence-corrected chi connectivity index (χ2v) is 14.3. The molecule has 252 valence electrons. The third kappa shape index (κ3) is 6.30. The molecule has 1 saturated carbocycles. The Hall–Kier alpha value is -4.09. The molecule has 0 unspecified atom stereocenters. The van der Waals surface area contributed by atoms with Crippen molar-refractivity contribution >= 4 is 16.8 Å². The minimum absolute atomic E-state index is 0.00210. The van der Waals surface area contributed by atoms with E-state index < -0.39 is 11.7 Å². The molecule has 1 amide bonds. The van der Waals surface area contributed by atoms with Gasteiger partial charge in [0, 0.05) is 42.8 Å². The number of amides is 1. The van der Waals surface area contributed by atoms with Crippen LogP contribution in [0, 0.1) is 17.8 Å². The van der Waals surface area contributed by atoms with Gasteiger partial charge in [0.05, 0.1) is 23.8 Å². The minimum Gasteiger partial charge on any atom is -0.508 e. The van der Waals surface area contributed by atoms with Crippen LogP contribution in [0.3, 0.4) is 0 Å². The standard InChI is InChI=1S/C36H47N5O6/c1-21(2)27-18-28(31(43)19-30(27)42)34-37-38-35(46)41(34)26-5-6-29-25(17-26)10-14-39(29)11-7-24-8-12-40(13-9-24)33(45)20-36(47)23(4)15-22(3)16-32(36)44/h5-6,10,14,17-19,21-24,32,42-44,47H,7-9,11-13,15-16,20H2,1-4H3,(H,38,46)/t22-,23+,32+,36-/m1/s1. The summed E-state index contributed by atoms with van der Waals surface area (Å²) in [5.74, 6) is 0.736. The molecule has 0 radical (unpaired) electrons. The number of benzene rings is 2. The maximum Gasteiger partial charge on any atom is 0.319 e. The van der Waals surface area contributed by atoms with Crippen LogP contribution in [0.1, 0.15) is 77.7 Å². The van der Waals surface area contributed by atoms with E-state index in [0.717, 1.165) is 43.1 Å². The van der Waals surface area contributed by atoms with Crippen LogP contribution < -0.4 is 0 Å². The Balaban J connectivity index is 1.10. The van der Waals surface area contributed by atoms with Crippen LogP contribution in [-0.4, -0.2) is 80.5 Å². The van der Waals surface area contributed by atoms with Crippen molar-refractivity contribution in [2.45, 2.75) is 90.4 Å². The first-order valence-electron chi connectivity index (χ1n) is 16.8. The summed E-state index contributed by atoms with van der Waals surface area (Å²) in [6.07, 6.45) is 5.28. The molecule has 2 aromatic carbocycles. The third-order valence-electron chi connectivity index (χ3n) is 10.7. The molecule has 4 aromatic rings. The average molecular weight is 646 g/mol. The fraction of sp³-hybridized carbons (Fsp3) is 0.528. The number of hydrogen-bond acceptors (Lipinski definition) is 8. The summed E-state index contributed by atoms with van der Waals surface area (Å²) in [6.45, 7) is 10.1. The molecule has 11 nitrogen and oxygen atoms in total. The number of aliphatic hydroxyl groups excluding tert-OH is 1. The molecule has 2 fully saturated rings. The maximum absolute atomic E-state index is 13.2. The highest BCUT2D eigenvalue weighted by molar-refractivity contribution is 5.83. The van der Waals surface area contributed by atoms with Crippen LogP contribution in [0.4, 0.5) is 0 Å². The second kappa shape index (κ2) is 12.8. The monoisotopic (exact) mass is 645 g/mol. The van der Waals surface area contributed by atoms with E-state index in [9.17, 15) is 30.3 Å². The van der Waals surface area contributed by atoms with Crippen LogP contribution >= 0.6 is 0 Å². The average Bonchev–Trinajstić information content (AvgIpc) is 3.61. The van der Waals surface area contributed by atoms with E-state index in [2.05, 4.69) is 27.9 Å². The van der Waals surface area contributed by atoms with Crippen LogP contribution in [0.15, 0.2) is 42.6 Å². The van der Waals surface area contributed by atoms with Gasteiger partial charge in [-0.05, 0) is 91.7 Å². The van der Waals surface area contributed by atoms with Gasteiger partial charge in [-0.3, -0.25) is 4.79 Å². The molecule has 6 rings (SSSR count). The van der Waals surface area contributed by atoms with Gasteiger partial charge in [0.15, 0.2) is 5.82 Å². The van der Waals surface area contributed by atoms with Crippen LogP contribution in [0.2, 0.25) is 0 Å². The zero-order valence-corrected chi connectivity index (χ0v) is 27.7. The Morgan fingerprint density at radius 3 is 2.45 bits per heavy atom. The van der Waals surface area contributed by atoms with Crippen molar-refractivity contribution < 1.29 is 30.3 Å². The SMILES string of the molecule is CC(C)c1cc(-c2nnc(O)n2-c2ccc3c(ccn3CCC3CCN(C(=O)C[C@@]4(O)[C@@H](C)C[C@@H](C)C[C@@H]4O)CC3)c2)c(O)cc1O. The van der Waals surface area contributed by atoms with Gasteiger partial charge in [0.25, 0.3) is 0 Å². The van der Waals surface area contributed by atoms with E-state index in [1.807, 2.05) is 49.9 Å². The highest BCUT2D eigenvalue weighted by Crippen LogP contribution is 2.41. The molecule has 2 aromatic heterocycles. The molecule has 1 saturated heterocycles.